The maximum atomic E-state index is 6.73. The van der Waals surface area contributed by atoms with Gasteiger partial charge in [-0.1, -0.05) is 152 Å². The van der Waals surface area contributed by atoms with Crippen molar-refractivity contribution >= 4 is 49.8 Å². The van der Waals surface area contributed by atoms with Gasteiger partial charge >= 0.3 is 0 Å². The zero-order chi connectivity index (χ0) is 33.2. The molecule has 2 nitrogen and oxygen atoms in total. The molecule has 0 spiro atoms. The number of rotatable bonds is 5. The second-order valence-corrected chi connectivity index (χ2v) is 13.3. The van der Waals surface area contributed by atoms with Crippen molar-refractivity contribution in [3.8, 4) is 11.1 Å². The molecule has 0 radical (unpaired) electrons. The molecule has 9 aromatic rings. The normalized spacial score (nSPS) is 13.1. The molecular formula is C48H33NO. The Balaban J connectivity index is 1.38. The first-order valence-corrected chi connectivity index (χ1v) is 17.3. The minimum atomic E-state index is -0.531. The van der Waals surface area contributed by atoms with Crippen LogP contribution in [0.5, 0.6) is 0 Å². The number of para-hydroxylation sites is 2. The van der Waals surface area contributed by atoms with Gasteiger partial charge in [-0.05, 0) is 81.6 Å². The molecule has 8 aromatic carbocycles. The van der Waals surface area contributed by atoms with E-state index in [-0.39, 0.29) is 0 Å². The Kier molecular flexibility index (Phi) is 6.34. The average Bonchev–Trinajstić information content (AvgIpc) is 3.70. The summed E-state index contributed by atoms with van der Waals surface area (Å²) in [6, 6.07) is 66.2. The number of anilines is 3. The average molecular weight is 640 g/mol. The molecule has 1 heterocycles. The van der Waals surface area contributed by atoms with Gasteiger partial charge in [0.2, 0.25) is 0 Å². The molecule has 1 aliphatic carbocycles. The van der Waals surface area contributed by atoms with Crippen LogP contribution in [0.1, 0.15) is 27.8 Å². The Morgan fingerprint density at radius 1 is 0.460 bits per heavy atom. The number of fused-ring (bicyclic) bond motifs is 8. The minimum Gasteiger partial charge on any atom is -0.454 e. The Labute approximate surface area is 291 Å². The first-order valence-electron chi connectivity index (χ1n) is 17.3. The van der Waals surface area contributed by atoms with Gasteiger partial charge in [0.05, 0.1) is 16.8 Å². The van der Waals surface area contributed by atoms with Crippen LogP contribution in [0.15, 0.2) is 186 Å². The van der Waals surface area contributed by atoms with Crippen molar-refractivity contribution in [3.05, 3.63) is 210 Å². The molecule has 1 aromatic heterocycles. The summed E-state index contributed by atoms with van der Waals surface area (Å²) in [4.78, 5) is 2.42. The van der Waals surface area contributed by atoms with Gasteiger partial charge in [-0.3, -0.25) is 0 Å². The van der Waals surface area contributed by atoms with Gasteiger partial charge in [-0.2, -0.15) is 0 Å². The quantitative estimate of drug-likeness (QED) is 0.186. The predicted octanol–water partition coefficient (Wildman–Crippen LogP) is 12.9. The molecule has 0 aliphatic heterocycles. The number of nitrogens with zero attached hydrogens (tertiary/aromatic N) is 1. The summed E-state index contributed by atoms with van der Waals surface area (Å²) in [5.74, 6) is 0. The monoisotopic (exact) mass is 639 g/mol. The first kappa shape index (κ1) is 28.6. The fourth-order valence-corrected chi connectivity index (χ4v) is 8.55. The number of furan rings is 1. The van der Waals surface area contributed by atoms with E-state index < -0.39 is 5.41 Å². The number of benzene rings is 8. The van der Waals surface area contributed by atoms with Gasteiger partial charge in [0, 0.05) is 21.8 Å². The summed E-state index contributed by atoms with van der Waals surface area (Å²) in [5.41, 5.74) is 13.3. The highest BCUT2D eigenvalue weighted by atomic mass is 16.3. The van der Waals surface area contributed by atoms with Gasteiger partial charge in [-0.15, -0.1) is 0 Å². The molecular weight excluding hydrogens is 607 g/mol. The van der Waals surface area contributed by atoms with Crippen molar-refractivity contribution in [2.24, 2.45) is 0 Å². The molecule has 10 rings (SSSR count). The molecule has 236 valence electrons. The third-order valence-corrected chi connectivity index (χ3v) is 10.6. The van der Waals surface area contributed by atoms with E-state index >= 15 is 0 Å². The van der Waals surface area contributed by atoms with Crippen LogP contribution in [-0.2, 0) is 5.41 Å². The molecule has 0 saturated carbocycles. The van der Waals surface area contributed by atoms with Crippen molar-refractivity contribution in [1.82, 2.24) is 0 Å². The van der Waals surface area contributed by atoms with Crippen LogP contribution in [0.3, 0.4) is 0 Å². The molecule has 0 unspecified atom stereocenters. The highest BCUT2D eigenvalue weighted by molar-refractivity contribution is 6.14. The lowest BCUT2D eigenvalue weighted by atomic mass is 9.67. The van der Waals surface area contributed by atoms with Crippen LogP contribution in [0, 0.1) is 6.92 Å². The van der Waals surface area contributed by atoms with E-state index in [0.29, 0.717) is 0 Å². The fourth-order valence-electron chi connectivity index (χ4n) is 8.55. The lowest BCUT2D eigenvalue weighted by Crippen LogP contribution is -2.28. The molecule has 0 saturated heterocycles. The molecule has 1 aliphatic rings. The van der Waals surface area contributed by atoms with E-state index in [9.17, 15) is 0 Å². The predicted molar refractivity (Wildman–Crippen MR) is 208 cm³/mol. The van der Waals surface area contributed by atoms with Crippen LogP contribution in [0.4, 0.5) is 17.1 Å². The standard InChI is InChI=1S/C48H33NO/c1-32-16-14-21-35(30-32)49(43-28-15-26-39-37-23-11-13-29-45(37)50-47(39)43)44-31-42-46(38-24-9-8-22-36(38)44)40-25-10-12-27-41(40)48(42,33-17-4-2-5-18-33)34-19-6-3-7-20-34/h2-31H,1H3. The van der Waals surface area contributed by atoms with E-state index in [2.05, 4.69) is 188 Å². The van der Waals surface area contributed by atoms with Crippen molar-refractivity contribution in [2.75, 3.05) is 4.90 Å². The summed E-state index contributed by atoms with van der Waals surface area (Å²) in [7, 11) is 0. The summed E-state index contributed by atoms with van der Waals surface area (Å²) in [6.07, 6.45) is 0. The Hall–Kier alpha value is -6.38. The van der Waals surface area contributed by atoms with E-state index in [4.69, 9.17) is 4.42 Å². The van der Waals surface area contributed by atoms with Crippen molar-refractivity contribution in [1.29, 1.82) is 0 Å². The number of hydrogen-bond donors (Lipinski definition) is 0. The van der Waals surface area contributed by atoms with Crippen LogP contribution >= 0.6 is 0 Å². The van der Waals surface area contributed by atoms with Gasteiger partial charge in [-0.25, -0.2) is 0 Å². The molecule has 0 fully saturated rings. The Morgan fingerprint density at radius 3 is 1.84 bits per heavy atom. The molecule has 50 heavy (non-hydrogen) atoms. The van der Waals surface area contributed by atoms with Gasteiger partial charge < -0.3 is 9.32 Å². The third kappa shape index (κ3) is 4.02. The van der Waals surface area contributed by atoms with Crippen molar-refractivity contribution in [3.63, 3.8) is 0 Å². The largest absolute Gasteiger partial charge is 0.454 e. The van der Waals surface area contributed by atoms with Crippen LogP contribution in [0.2, 0.25) is 0 Å². The summed E-state index contributed by atoms with van der Waals surface area (Å²) < 4.78 is 6.73. The fraction of sp³-hybridized carbons (Fsp3) is 0.0417. The number of aryl methyl sites for hydroxylation is 1. The lowest BCUT2D eigenvalue weighted by molar-refractivity contribution is 0.669. The van der Waals surface area contributed by atoms with Crippen LogP contribution in [0.25, 0.3) is 43.8 Å². The summed E-state index contributed by atoms with van der Waals surface area (Å²) in [6.45, 7) is 2.16. The molecule has 0 N–H and O–H groups in total. The minimum absolute atomic E-state index is 0.531. The third-order valence-electron chi connectivity index (χ3n) is 10.6. The molecule has 0 amide bonds. The highest BCUT2D eigenvalue weighted by Gasteiger charge is 2.47. The maximum Gasteiger partial charge on any atom is 0.159 e. The highest BCUT2D eigenvalue weighted by Crippen LogP contribution is 2.60. The maximum absolute atomic E-state index is 6.73. The van der Waals surface area contributed by atoms with Crippen LogP contribution in [-0.4, -0.2) is 0 Å². The zero-order valence-corrected chi connectivity index (χ0v) is 27.7. The Bertz CT molecular complexity index is 2680. The summed E-state index contributed by atoms with van der Waals surface area (Å²) in [5, 5.41) is 4.65. The lowest BCUT2D eigenvalue weighted by Gasteiger charge is -2.35. The topological polar surface area (TPSA) is 16.4 Å². The number of hydrogen-bond acceptors (Lipinski definition) is 2. The first-order chi connectivity index (χ1) is 24.7. The molecule has 2 heteroatoms. The van der Waals surface area contributed by atoms with Gasteiger partial charge in [0.15, 0.2) is 5.58 Å². The van der Waals surface area contributed by atoms with E-state index in [1.807, 2.05) is 6.07 Å². The van der Waals surface area contributed by atoms with Crippen molar-refractivity contribution in [2.45, 2.75) is 12.3 Å². The Morgan fingerprint density at radius 2 is 1.08 bits per heavy atom. The SMILES string of the molecule is Cc1cccc(N(c2cc3c(c4ccccc24)-c2ccccc2C3(c2ccccc2)c2ccccc2)c2cccc3c2oc2ccccc23)c1. The molecule has 0 bridgehead atoms. The van der Waals surface area contributed by atoms with E-state index in [1.54, 1.807) is 0 Å². The van der Waals surface area contributed by atoms with Crippen molar-refractivity contribution < 1.29 is 4.42 Å². The summed E-state index contributed by atoms with van der Waals surface area (Å²) >= 11 is 0. The van der Waals surface area contributed by atoms with E-state index in [1.165, 1.54) is 49.7 Å². The van der Waals surface area contributed by atoms with Gasteiger partial charge in [0.1, 0.15) is 5.58 Å². The molecule has 0 atom stereocenters. The zero-order valence-electron chi connectivity index (χ0n) is 27.7. The smallest absolute Gasteiger partial charge is 0.159 e. The second-order valence-electron chi connectivity index (χ2n) is 13.3. The second kappa shape index (κ2) is 11.1. The van der Waals surface area contributed by atoms with Crippen LogP contribution < -0.4 is 4.90 Å². The van der Waals surface area contributed by atoms with E-state index in [0.717, 1.165) is 39.0 Å². The van der Waals surface area contributed by atoms with Gasteiger partial charge in [0.25, 0.3) is 0 Å².